The Labute approximate surface area is 705 Å². The first-order chi connectivity index (χ1) is 53.6. The van der Waals surface area contributed by atoms with Crippen molar-refractivity contribution in [3.8, 4) is 0 Å². The van der Waals surface area contributed by atoms with E-state index in [-0.39, 0.29) is 40.1 Å². The topological polar surface area (TPSA) is 374 Å². The van der Waals surface area contributed by atoms with Crippen molar-refractivity contribution >= 4 is 144 Å². The molecule has 4 aliphatic heterocycles. The number of alkyl halides is 3. The molecule has 38 heteroatoms. The number of nitrogens with two attached hydrogens (primary N) is 4. The summed E-state index contributed by atoms with van der Waals surface area (Å²) in [5, 5.41) is 41.4. The van der Waals surface area contributed by atoms with E-state index < -0.39 is 109 Å². The fourth-order valence-electron chi connectivity index (χ4n) is 11.0. The van der Waals surface area contributed by atoms with E-state index in [2.05, 4.69) is 206 Å². The number of anilines is 3. The summed E-state index contributed by atoms with van der Waals surface area (Å²) in [7, 11) is -9.62. The number of aliphatic hydroxyl groups is 2. The normalized spacial score (nSPS) is 22.5. The molecule has 6 aromatic heterocycles. The number of aliphatic hydroxyl groups excluding tert-OH is 2. The van der Waals surface area contributed by atoms with Crippen LogP contribution in [0.5, 0.6) is 0 Å². The summed E-state index contributed by atoms with van der Waals surface area (Å²) in [6, 6.07) is 23.7. The number of benzene rings is 3. The van der Waals surface area contributed by atoms with Gasteiger partial charge in [-0.15, -0.1) is 12.6 Å². The van der Waals surface area contributed by atoms with Gasteiger partial charge in [-0.3, -0.25) is 4.18 Å². The first-order valence-corrected chi connectivity index (χ1v) is 52.2. The molecule has 3 aromatic carbocycles. The second-order valence-electron chi connectivity index (χ2n) is 33.2. The van der Waals surface area contributed by atoms with Crippen molar-refractivity contribution in [2.75, 3.05) is 43.6 Å². The number of rotatable bonds is 16. The van der Waals surface area contributed by atoms with Gasteiger partial charge in [-0.25, -0.2) is 62.3 Å². The molecule has 115 heavy (non-hydrogen) atoms. The Morgan fingerprint density at radius 2 is 0.957 bits per heavy atom. The molecule has 0 saturated carbocycles. The predicted molar refractivity (Wildman–Crippen MR) is 468 cm³/mol. The number of nitrogens with zero attached hydrogens (tertiary/aromatic N) is 12. The van der Waals surface area contributed by atoms with Gasteiger partial charge in [-0.05, 0) is 140 Å². The van der Waals surface area contributed by atoms with Gasteiger partial charge in [0.05, 0.1) is 35.5 Å². The fourth-order valence-corrected chi connectivity index (χ4v) is 17.1. The van der Waals surface area contributed by atoms with Crippen molar-refractivity contribution in [3.63, 3.8) is 0 Å². The van der Waals surface area contributed by atoms with Gasteiger partial charge in [0.15, 0.2) is 70.8 Å². The molecule has 0 aliphatic carbocycles. The molecule has 0 radical (unpaired) electrons. The average Bonchev–Trinajstić information content (AvgIpc) is 1.61. The summed E-state index contributed by atoms with van der Waals surface area (Å²) in [6.07, 6.45) is -6.81. The van der Waals surface area contributed by atoms with Gasteiger partial charge in [0.2, 0.25) is 0 Å². The number of nitrogen functional groups attached to an aromatic ring is 3. The lowest BCUT2D eigenvalue weighted by molar-refractivity contribution is -0.0497. The van der Waals surface area contributed by atoms with E-state index >= 15 is 8.78 Å². The summed E-state index contributed by atoms with van der Waals surface area (Å²) < 4.78 is 113. The van der Waals surface area contributed by atoms with Gasteiger partial charge in [0, 0.05) is 36.0 Å². The number of ether oxygens (including phenoxy) is 4. The molecule has 10 heterocycles. The minimum Gasteiger partial charge on any atom is -0.408 e. The molecule has 27 nitrogen and oxygen atoms in total. The number of fused-ring (bicyclic) bond motifs is 3. The van der Waals surface area contributed by atoms with E-state index in [1.807, 2.05) is 101 Å². The molecule has 0 bridgehead atoms. The van der Waals surface area contributed by atoms with E-state index in [9.17, 15) is 23.0 Å². The zero-order chi connectivity index (χ0) is 85.8. The highest BCUT2D eigenvalue weighted by molar-refractivity contribution is 14.1. The van der Waals surface area contributed by atoms with E-state index in [0.717, 1.165) is 43.7 Å². The highest BCUT2D eigenvalue weighted by atomic mass is 127. The van der Waals surface area contributed by atoms with Crippen LogP contribution in [0.4, 0.5) is 30.6 Å². The monoisotopic (exact) mass is 1840 g/mol. The third-order valence-electron chi connectivity index (χ3n) is 20.9. The number of aromatic nitrogens is 12. The summed E-state index contributed by atoms with van der Waals surface area (Å²) in [4.78, 5) is 27.7. The molecular weight excluding hydrogens is 1720 g/mol. The Balaban J connectivity index is 0.000000210. The Hall–Kier alpha value is -5.52. The van der Waals surface area contributed by atoms with Crippen molar-refractivity contribution in [1.82, 2.24) is 59.2 Å². The summed E-state index contributed by atoms with van der Waals surface area (Å²) in [5.41, 5.74) is 22.6. The van der Waals surface area contributed by atoms with Gasteiger partial charge in [0.1, 0.15) is 80.7 Å². The Kier molecular flexibility index (Phi) is 34.2. The molecule has 0 unspecified atom stereocenters. The van der Waals surface area contributed by atoms with E-state index in [1.54, 1.807) is 0 Å². The van der Waals surface area contributed by atoms with E-state index in [4.69, 9.17) is 50.1 Å². The summed E-state index contributed by atoms with van der Waals surface area (Å²) in [5.74, 6) is 0.729. The predicted octanol–water partition coefficient (Wildman–Crippen LogP) is 16.5. The van der Waals surface area contributed by atoms with Crippen LogP contribution in [0.3, 0.4) is 0 Å². The maximum absolute atomic E-state index is 15.9. The number of hydrogen-bond donors (Lipinski definition) is 7. The highest BCUT2D eigenvalue weighted by Gasteiger charge is 2.54. The van der Waals surface area contributed by atoms with Crippen LogP contribution < -0.4 is 22.3 Å². The molecule has 13 rings (SSSR count). The third kappa shape index (κ3) is 24.8. The first-order valence-electron chi connectivity index (χ1n) is 38.2. The number of halogens is 4. The number of thiol groups is 1. The lowest BCUT2D eigenvalue weighted by atomic mass is 10.1. The summed E-state index contributed by atoms with van der Waals surface area (Å²) in [6.45, 7) is 48.2. The largest absolute Gasteiger partial charge is 0.408 e. The smallest absolute Gasteiger partial charge is 0.333 e. The van der Waals surface area contributed by atoms with Gasteiger partial charge in [0.25, 0.3) is 0 Å². The molecule has 12 atom stereocenters. The Morgan fingerprint density at radius 3 is 1.31 bits per heavy atom. The molecular formula is C77H118F3IN16O11S4Si3. The van der Waals surface area contributed by atoms with Crippen LogP contribution >= 0.6 is 58.7 Å². The van der Waals surface area contributed by atoms with Crippen LogP contribution in [0.25, 0.3) is 33.1 Å². The van der Waals surface area contributed by atoms with Crippen LogP contribution in [0.15, 0.2) is 117 Å². The van der Waals surface area contributed by atoms with Crippen molar-refractivity contribution in [2.45, 2.75) is 283 Å². The van der Waals surface area contributed by atoms with Crippen molar-refractivity contribution in [1.29, 1.82) is 0 Å². The lowest BCUT2D eigenvalue weighted by Gasteiger charge is -2.39. The zero-order valence-electron chi connectivity index (χ0n) is 70.0. The summed E-state index contributed by atoms with van der Waals surface area (Å²) >= 11 is 8.90. The van der Waals surface area contributed by atoms with Crippen molar-refractivity contribution in [2.24, 2.45) is 5.14 Å². The molecule has 636 valence electrons. The quantitative estimate of drug-likeness (QED) is 0.0268. The molecule has 0 spiro atoms. The van der Waals surface area contributed by atoms with Crippen LogP contribution in [0.2, 0.25) is 60.9 Å². The van der Waals surface area contributed by atoms with Gasteiger partial charge in [-0.1, -0.05) is 179 Å². The van der Waals surface area contributed by atoms with Crippen LogP contribution in [0.1, 0.15) is 138 Å². The first kappa shape index (κ1) is 96.6. The molecule has 0 amide bonds. The maximum atomic E-state index is 15.9. The van der Waals surface area contributed by atoms with Gasteiger partial charge in [-0.2, -0.15) is 23.7 Å². The molecule has 4 aliphatic rings. The Morgan fingerprint density at radius 1 is 0.583 bits per heavy atom. The minimum atomic E-state index is -4.29. The standard InChI is InChI=1S/C23H32FN5O3SSi.C17H27FIN5O2Si.C17H19FN6O5S2.C7H8S.C7H18Si.C4H8O.C2H6/c1-13-8-7-9-14(10-13)33-21-16-19(25)26-12-27-20(16)29(28-21)22-17(24)18(15(11-30)31-22)32-34(5,6)23(2,3)4;1-7-9-12(26-27(5,6)17(2,3)4)11(18)16(25-9)24-15-10(13(19)23-24)14(20)21-8-22-15;1-8-3-2-4-9(5-8)30-16-11-14(19)21-7-22-15(11)24(23-16)17-12(18)13(25)10(29-17)6-28-31(20,26)27;1-6-3-2-4-7(8)5-6;1-7(2,3)8(4,5)6;1-2-4-5-3-1;1-2/h7-10,12,15,17-18,22,30H,11H2,1-6H3,(H2,25,26,27);8-9,11-12,16H,7H2,1-6H3,(H2,20,21,22);2-5,7,10,12-13,17,25H,6H2,1H3,(H2,19,21,22)(H2,20,26,27);2-5,8H,1H3;1-6H3;1-4H2;1-2H3/t15-,17+,18-,22-;9-,11+,12-,16-;10-,12+,13-,17-;;;;/m111..../s1. The van der Waals surface area contributed by atoms with Crippen molar-refractivity contribution in [3.05, 3.63) is 112 Å². The van der Waals surface area contributed by atoms with Crippen LogP contribution in [-0.2, 0) is 42.3 Å². The Bertz CT molecular complexity index is 4750. The lowest BCUT2D eigenvalue weighted by Crippen LogP contribution is -2.49. The van der Waals surface area contributed by atoms with Crippen LogP contribution in [0, 0.1) is 24.5 Å². The van der Waals surface area contributed by atoms with Crippen LogP contribution in [-0.4, -0.2) is 184 Å². The zero-order valence-corrected chi connectivity index (χ0v) is 78.5. The van der Waals surface area contributed by atoms with E-state index in [0.29, 0.717) is 58.5 Å². The second kappa shape index (κ2) is 40.7. The number of aryl methyl sites for hydroxylation is 3. The van der Waals surface area contributed by atoms with E-state index in [1.165, 1.54) is 70.3 Å². The molecule has 4 fully saturated rings. The van der Waals surface area contributed by atoms with Gasteiger partial charge >= 0.3 is 10.3 Å². The average molecular weight is 1840 g/mol. The third-order valence-corrected chi connectivity index (χ3v) is 37.8. The SMILES string of the molecule is C1CCOC1.CC.CC(C)(C)[Si](C)(C)C.CC[C@H]1O[C@@H](n2nc(I)c3c(N)ncnc32)[C@@H](F)[C@@H]1O[Si](C)(C)C(C)(C)C.Cc1cccc(S)c1.Cc1cccc(Sc2nn([C@@H]3O[C@H](CO)[C@@H](O[Si](C)(C)C(C)(C)C)[C@@H]3F)c3ncnc(N)c23)c1.Cc1cccc(Sc2nn([C@@H]3O[C@H](COS(N)(=O)=O)[C@@H](O)[C@@H]3F)c3ncnc(N)c23)c1. The maximum Gasteiger partial charge on any atom is 0.333 e. The minimum absolute atomic E-state index is 0.0153. The number of hydrogen-bond acceptors (Lipinski definition) is 26. The van der Waals surface area contributed by atoms with Gasteiger partial charge < -0.3 is 55.2 Å². The van der Waals surface area contributed by atoms with Crippen molar-refractivity contribution < 1.29 is 63.8 Å². The second-order valence-corrected chi connectivity index (χ2v) is 53.6. The fraction of sp³-hybridized carbons (Fsp3) is 0.571. The molecule has 4 saturated heterocycles. The highest BCUT2D eigenvalue weighted by Crippen LogP contribution is 2.47. The molecule has 10 N–H and O–H groups in total. The molecule has 9 aromatic rings.